The second-order valence-corrected chi connectivity index (χ2v) is 5.30. The van der Waals surface area contributed by atoms with Gasteiger partial charge in [-0.3, -0.25) is 4.79 Å². The molecule has 1 atom stereocenters. The molecule has 1 unspecified atom stereocenters. The lowest BCUT2D eigenvalue weighted by molar-refractivity contribution is 0.0742. The lowest BCUT2D eigenvalue weighted by Crippen LogP contribution is -2.29. The minimum absolute atomic E-state index is 0.0206. The summed E-state index contributed by atoms with van der Waals surface area (Å²) < 4.78 is 0. The first-order valence-electron chi connectivity index (χ1n) is 6.96. The zero-order chi connectivity index (χ0) is 15.4. The van der Waals surface area contributed by atoms with Crippen LogP contribution in [-0.2, 0) is 0 Å². The van der Waals surface area contributed by atoms with E-state index in [4.69, 9.17) is 0 Å². The second kappa shape index (κ2) is 6.39. The van der Waals surface area contributed by atoms with Gasteiger partial charge in [0.2, 0.25) is 0 Å². The van der Waals surface area contributed by atoms with Gasteiger partial charge in [0.1, 0.15) is 5.82 Å². The molecule has 4 heteroatoms. The monoisotopic (exact) mass is 283 g/mol. The van der Waals surface area contributed by atoms with Crippen LogP contribution in [0.1, 0.15) is 28.9 Å². The average molecular weight is 283 g/mol. The molecule has 110 valence electrons. The van der Waals surface area contributed by atoms with Gasteiger partial charge in [0.05, 0.1) is 11.6 Å². The largest absolute Gasteiger partial charge is 0.363 e. The van der Waals surface area contributed by atoms with Gasteiger partial charge in [0, 0.05) is 27.3 Å². The van der Waals surface area contributed by atoms with Gasteiger partial charge in [-0.05, 0) is 24.6 Å². The van der Waals surface area contributed by atoms with E-state index in [2.05, 4.69) is 4.98 Å². The van der Waals surface area contributed by atoms with Gasteiger partial charge in [0.25, 0.3) is 5.91 Å². The molecule has 2 aromatic rings. The van der Waals surface area contributed by atoms with E-state index < -0.39 is 0 Å². The Bertz CT molecular complexity index is 593. The Labute approximate surface area is 126 Å². The quantitative estimate of drug-likeness (QED) is 0.865. The molecular formula is C17H21N3O. The fourth-order valence-electron chi connectivity index (χ4n) is 2.11. The Balaban J connectivity index is 2.15. The van der Waals surface area contributed by atoms with E-state index >= 15 is 0 Å². The Morgan fingerprint density at radius 3 is 2.24 bits per heavy atom. The van der Waals surface area contributed by atoms with Gasteiger partial charge in [0.15, 0.2) is 0 Å². The first-order chi connectivity index (χ1) is 10.0. The van der Waals surface area contributed by atoms with E-state index in [0.717, 1.165) is 11.4 Å². The molecule has 21 heavy (non-hydrogen) atoms. The smallest absolute Gasteiger partial charge is 0.255 e. The Morgan fingerprint density at radius 2 is 1.71 bits per heavy atom. The topological polar surface area (TPSA) is 36.4 Å². The minimum atomic E-state index is -0.0239. The molecule has 0 fully saturated rings. The van der Waals surface area contributed by atoms with Crippen molar-refractivity contribution in [3.8, 4) is 0 Å². The number of hydrogen-bond acceptors (Lipinski definition) is 3. The lowest BCUT2D eigenvalue weighted by Gasteiger charge is -2.25. The van der Waals surface area contributed by atoms with E-state index in [1.54, 1.807) is 11.1 Å². The molecule has 0 N–H and O–H groups in total. The summed E-state index contributed by atoms with van der Waals surface area (Å²) in [6, 6.07) is 13.7. The molecule has 0 aliphatic heterocycles. The van der Waals surface area contributed by atoms with Crippen LogP contribution in [0.5, 0.6) is 0 Å². The van der Waals surface area contributed by atoms with Crippen LogP contribution in [0.4, 0.5) is 5.82 Å². The third-order valence-electron chi connectivity index (χ3n) is 3.64. The van der Waals surface area contributed by atoms with Crippen molar-refractivity contribution in [1.29, 1.82) is 0 Å². The highest BCUT2D eigenvalue weighted by Gasteiger charge is 2.19. The predicted molar refractivity (Wildman–Crippen MR) is 85.5 cm³/mol. The van der Waals surface area contributed by atoms with Crippen molar-refractivity contribution in [2.75, 3.05) is 26.0 Å². The fourth-order valence-corrected chi connectivity index (χ4v) is 2.11. The molecule has 1 heterocycles. The van der Waals surface area contributed by atoms with Gasteiger partial charge in [-0.2, -0.15) is 0 Å². The Kier molecular flexibility index (Phi) is 4.58. The van der Waals surface area contributed by atoms with Crippen molar-refractivity contribution < 1.29 is 4.79 Å². The van der Waals surface area contributed by atoms with Crippen LogP contribution >= 0.6 is 0 Å². The molecule has 0 saturated carbocycles. The van der Waals surface area contributed by atoms with Gasteiger partial charge >= 0.3 is 0 Å². The van der Waals surface area contributed by atoms with Crippen LogP contribution in [0.25, 0.3) is 0 Å². The van der Waals surface area contributed by atoms with Crippen molar-refractivity contribution >= 4 is 11.7 Å². The molecule has 1 aromatic heterocycles. The number of pyridine rings is 1. The summed E-state index contributed by atoms with van der Waals surface area (Å²) in [5, 5.41) is 0. The van der Waals surface area contributed by atoms with Crippen LogP contribution in [0.15, 0.2) is 48.7 Å². The van der Waals surface area contributed by atoms with E-state index in [-0.39, 0.29) is 11.9 Å². The molecule has 0 bridgehead atoms. The number of anilines is 1. The number of rotatable bonds is 4. The van der Waals surface area contributed by atoms with Crippen LogP contribution in [-0.4, -0.2) is 36.9 Å². The SMILES string of the molecule is CC(c1ccccc1)N(C)C(=O)c1ccc(N(C)C)nc1. The maximum absolute atomic E-state index is 12.5. The number of amides is 1. The summed E-state index contributed by atoms with van der Waals surface area (Å²) in [5.74, 6) is 0.814. The molecule has 0 radical (unpaired) electrons. The van der Waals surface area contributed by atoms with Gasteiger partial charge < -0.3 is 9.80 Å². The molecule has 0 aliphatic rings. The van der Waals surface area contributed by atoms with Crippen LogP contribution in [0.2, 0.25) is 0 Å². The molecule has 0 aliphatic carbocycles. The van der Waals surface area contributed by atoms with E-state index in [1.807, 2.05) is 75.4 Å². The van der Waals surface area contributed by atoms with Gasteiger partial charge in [-0.15, -0.1) is 0 Å². The standard InChI is InChI=1S/C17H21N3O/c1-13(14-8-6-5-7-9-14)20(4)17(21)15-10-11-16(18-12-15)19(2)3/h5-13H,1-4H3. The Hall–Kier alpha value is -2.36. The maximum atomic E-state index is 12.5. The van der Waals surface area contributed by atoms with Crippen molar-refractivity contribution in [1.82, 2.24) is 9.88 Å². The average Bonchev–Trinajstić information content (AvgIpc) is 2.53. The molecule has 4 nitrogen and oxygen atoms in total. The van der Waals surface area contributed by atoms with Crippen molar-refractivity contribution in [2.45, 2.75) is 13.0 Å². The highest BCUT2D eigenvalue weighted by molar-refractivity contribution is 5.94. The maximum Gasteiger partial charge on any atom is 0.255 e. The molecule has 1 aromatic carbocycles. The summed E-state index contributed by atoms with van der Waals surface area (Å²) >= 11 is 0. The summed E-state index contributed by atoms with van der Waals surface area (Å²) in [6.07, 6.45) is 1.63. The number of carbonyl (C=O) groups excluding carboxylic acids is 1. The first kappa shape index (κ1) is 15.0. The summed E-state index contributed by atoms with van der Waals surface area (Å²) in [5.41, 5.74) is 1.72. The number of hydrogen-bond donors (Lipinski definition) is 0. The number of nitrogens with zero attached hydrogens (tertiary/aromatic N) is 3. The predicted octanol–water partition coefficient (Wildman–Crippen LogP) is 2.98. The minimum Gasteiger partial charge on any atom is -0.363 e. The molecular weight excluding hydrogens is 262 g/mol. The van der Waals surface area contributed by atoms with Crippen molar-refractivity contribution in [3.63, 3.8) is 0 Å². The summed E-state index contributed by atoms with van der Waals surface area (Å²) in [6.45, 7) is 2.02. The molecule has 0 saturated heterocycles. The highest BCUT2D eigenvalue weighted by atomic mass is 16.2. The van der Waals surface area contributed by atoms with Crippen LogP contribution in [0, 0.1) is 0 Å². The van der Waals surface area contributed by atoms with Crippen molar-refractivity contribution in [3.05, 3.63) is 59.8 Å². The number of carbonyl (C=O) groups is 1. The van der Waals surface area contributed by atoms with E-state index in [0.29, 0.717) is 5.56 Å². The number of benzene rings is 1. The molecule has 0 spiro atoms. The van der Waals surface area contributed by atoms with Gasteiger partial charge in [-0.25, -0.2) is 4.98 Å². The third-order valence-corrected chi connectivity index (χ3v) is 3.64. The zero-order valence-corrected chi connectivity index (χ0v) is 12.9. The van der Waals surface area contributed by atoms with E-state index in [9.17, 15) is 4.79 Å². The van der Waals surface area contributed by atoms with Crippen LogP contribution in [0.3, 0.4) is 0 Å². The molecule has 1 amide bonds. The normalized spacial score (nSPS) is 11.8. The number of aromatic nitrogens is 1. The summed E-state index contributed by atoms with van der Waals surface area (Å²) in [7, 11) is 5.67. The second-order valence-electron chi connectivity index (χ2n) is 5.30. The first-order valence-corrected chi connectivity index (χ1v) is 6.96. The third kappa shape index (κ3) is 3.40. The van der Waals surface area contributed by atoms with Crippen LogP contribution < -0.4 is 4.90 Å². The summed E-state index contributed by atoms with van der Waals surface area (Å²) in [4.78, 5) is 20.5. The molecule has 2 rings (SSSR count). The van der Waals surface area contributed by atoms with E-state index in [1.165, 1.54) is 0 Å². The fraction of sp³-hybridized carbons (Fsp3) is 0.294. The van der Waals surface area contributed by atoms with Crippen molar-refractivity contribution in [2.24, 2.45) is 0 Å². The van der Waals surface area contributed by atoms with Gasteiger partial charge in [-0.1, -0.05) is 30.3 Å². The highest BCUT2D eigenvalue weighted by Crippen LogP contribution is 2.20. The lowest BCUT2D eigenvalue weighted by atomic mass is 10.1. The Morgan fingerprint density at radius 1 is 1.05 bits per heavy atom. The zero-order valence-electron chi connectivity index (χ0n) is 12.9.